The Morgan fingerprint density at radius 1 is 1.14 bits per heavy atom. The molecule has 10 heteroatoms. The molecule has 2 aromatic rings. The lowest BCUT2D eigenvalue weighted by atomic mass is 9.64. The van der Waals surface area contributed by atoms with Gasteiger partial charge in [0.15, 0.2) is 5.60 Å². The minimum Gasteiger partial charge on any atom is -0.462 e. The molecule has 0 bridgehead atoms. The van der Waals surface area contributed by atoms with Crippen molar-refractivity contribution in [3.05, 3.63) is 48.5 Å². The Morgan fingerprint density at radius 3 is 2.38 bits per heavy atom. The Balaban J connectivity index is 1.77. The number of hydrogen-bond acceptors (Lipinski definition) is 8. The lowest BCUT2D eigenvalue weighted by Gasteiger charge is -2.53. The number of sulfonamides is 1. The predicted molar refractivity (Wildman–Crippen MR) is 102 cm³/mol. The normalized spacial score (nSPS) is 27.9. The van der Waals surface area contributed by atoms with Crippen LogP contribution < -0.4 is 9.46 Å². The number of aliphatic hydroxyl groups excluding tert-OH is 4. The minimum atomic E-state index is -3.58. The molecule has 1 fully saturated rings. The fourth-order valence-electron chi connectivity index (χ4n) is 3.36. The maximum atomic E-state index is 12.0. The van der Waals surface area contributed by atoms with Crippen LogP contribution in [0.2, 0.25) is 0 Å². The molecule has 0 spiro atoms. The summed E-state index contributed by atoms with van der Waals surface area (Å²) in [4.78, 5) is 0.114. The zero-order chi connectivity index (χ0) is 21.4. The summed E-state index contributed by atoms with van der Waals surface area (Å²) in [5.41, 5.74) is -0.876. The summed E-state index contributed by atoms with van der Waals surface area (Å²) in [6.45, 7) is -0.639. The van der Waals surface area contributed by atoms with Crippen molar-refractivity contribution in [3.63, 3.8) is 0 Å². The summed E-state index contributed by atoms with van der Waals surface area (Å²) in [5, 5.41) is 49.2. The smallest absolute Gasteiger partial charge is 0.240 e. The molecule has 2 aromatic carbocycles. The summed E-state index contributed by atoms with van der Waals surface area (Å²) in [6.07, 6.45) is -4.91. The monoisotopic (exact) mass is 425 g/mol. The summed E-state index contributed by atoms with van der Waals surface area (Å²) in [5.74, 6) is -0.984. The van der Waals surface area contributed by atoms with Gasteiger partial charge < -0.3 is 30.3 Å². The number of aliphatic hydroxyl groups is 5. The first-order valence-corrected chi connectivity index (χ1v) is 10.3. The van der Waals surface area contributed by atoms with Gasteiger partial charge in [0.25, 0.3) is 0 Å². The third kappa shape index (κ3) is 3.76. The molecular formula is C19H23NO8S. The molecule has 3 rings (SSSR count). The average molecular weight is 425 g/mol. The molecule has 0 saturated heterocycles. The summed E-state index contributed by atoms with van der Waals surface area (Å²) in [6, 6.07) is 12.6. The number of rotatable bonds is 7. The van der Waals surface area contributed by atoms with E-state index in [1.807, 2.05) is 0 Å². The molecule has 5 unspecified atom stereocenters. The van der Waals surface area contributed by atoms with Crippen LogP contribution in [0, 0.1) is 5.92 Å². The van der Waals surface area contributed by atoms with Crippen molar-refractivity contribution in [2.45, 2.75) is 29.0 Å². The third-order valence-corrected chi connectivity index (χ3v) is 6.66. The van der Waals surface area contributed by atoms with Crippen LogP contribution in [0.25, 0.3) is 11.1 Å². The van der Waals surface area contributed by atoms with E-state index >= 15 is 0 Å². The van der Waals surface area contributed by atoms with Crippen molar-refractivity contribution in [3.8, 4) is 16.9 Å². The van der Waals surface area contributed by atoms with E-state index in [4.69, 9.17) is 4.74 Å². The molecule has 0 amide bonds. The van der Waals surface area contributed by atoms with Gasteiger partial charge in [-0.15, -0.1) is 0 Å². The van der Waals surface area contributed by atoms with E-state index in [1.54, 1.807) is 24.3 Å². The van der Waals surface area contributed by atoms with Gasteiger partial charge in [0.2, 0.25) is 16.3 Å². The summed E-state index contributed by atoms with van der Waals surface area (Å²) in [7, 11) is -2.26. The molecule has 0 heterocycles. The molecule has 1 aliphatic carbocycles. The van der Waals surface area contributed by atoms with Gasteiger partial charge in [-0.2, -0.15) is 0 Å². The Hall–Kier alpha value is -2.05. The van der Waals surface area contributed by atoms with E-state index < -0.39 is 46.6 Å². The Kier molecular flexibility index (Phi) is 5.97. The molecule has 0 radical (unpaired) electrons. The van der Waals surface area contributed by atoms with Gasteiger partial charge in [0, 0.05) is 5.92 Å². The van der Waals surface area contributed by atoms with Gasteiger partial charge in [-0.25, -0.2) is 13.1 Å². The van der Waals surface area contributed by atoms with E-state index in [0.29, 0.717) is 11.1 Å². The zero-order valence-corrected chi connectivity index (χ0v) is 16.3. The Bertz CT molecular complexity index is 964. The van der Waals surface area contributed by atoms with Crippen LogP contribution in [0.3, 0.4) is 0 Å². The SMILES string of the molecule is CNS(=O)(=O)c1cccc(-c2ccc(OC(O)C3(O)C(O)C(O)C3CO)cc2)c1. The van der Waals surface area contributed by atoms with Crippen molar-refractivity contribution in [2.75, 3.05) is 13.7 Å². The fraction of sp³-hybridized carbons (Fsp3) is 0.368. The molecule has 1 saturated carbocycles. The van der Waals surface area contributed by atoms with Crippen LogP contribution in [-0.2, 0) is 10.0 Å². The molecule has 1 aliphatic rings. The number of ether oxygens (including phenoxy) is 1. The number of benzene rings is 2. The first kappa shape index (κ1) is 21.7. The molecule has 0 aromatic heterocycles. The average Bonchev–Trinajstić information content (AvgIpc) is 2.74. The second-order valence-corrected chi connectivity index (χ2v) is 8.73. The fourth-order valence-corrected chi connectivity index (χ4v) is 4.14. The quantitative estimate of drug-likeness (QED) is 0.310. The van der Waals surface area contributed by atoms with Crippen molar-refractivity contribution in [1.82, 2.24) is 4.72 Å². The van der Waals surface area contributed by atoms with E-state index in [-0.39, 0.29) is 10.6 Å². The highest BCUT2D eigenvalue weighted by atomic mass is 32.2. The van der Waals surface area contributed by atoms with E-state index in [9.17, 15) is 34.0 Å². The van der Waals surface area contributed by atoms with Gasteiger partial charge in [-0.3, -0.25) is 0 Å². The molecule has 158 valence electrons. The highest BCUT2D eigenvalue weighted by Gasteiger charge is 2.65. The van der Waals surface area contributed by atoms with Crippen molar-refractivity contribution in [1.29, 1.82) is 0 Å². The van der Waals surface area contributed by atoms with E-state index in [0.717, 1.165) is 0 Å². The van der Waals surface area contributed by atoms with E-state index in [1.165, 1.54) is 31.3 Å². The van der Waals surface area contributed by atoms with Crippen LogP contribution in [0.1, 0.15) is 0 Å². The second kappa shape index (κ2) is 8.00. The molecule has 5 atom stereocenters. The number of nitrogens with one attached hydrogen (secondary N) is 1. The molecule has 6 N–H and O–H groups in total. The number of hydrogen-bond donors (Lipinski definition) is 6. The van der Waals surface area contributed by atoms with Gasteiger partial charge in [-0.05, 0) is 42.4 Å². The molecule has 0 aliphatic heterocycles. The van der Waals surface area contributed by atoms with Gasteiger partial charge in [0.1, 0.15) is 11.9 Å². The van der Waals surface area contributed by atoms with Gasteiger partial charge in [0.05, 0.1) is 17.6 Å². The first-order valence-electron chi connectivity index (χ1n) is 8.83. The Labute approximate surface area is 167 Å². The van der Waals surface area contributed by atoms with Crippen LogP contribution in [-0.4, -0.2) is 71.7 Å². The van der Waals surface area contributed by atoms with Crippen LogP contribution in [0.4, 0.5) is 0 Å². The zero-order valence-electron chi connectivity index (χ0n) is 15.5. The maximum Gasteiger partial charge on any atom is 0.240 e. The van der Waals surface area contributed by atoms with Crippen LogP contribution in [0.5, 0.6) is 5.75 Å². The van der Waals surface area contributed by atoms with Crippen LogP contribution in [0.15, 0.2) is 53.4 Å². The largest absolute Gasteiger partial charge is 0.462 e. The van der Waals surface area contributed by atoms with Crippen LogP contribution >= 0.6 is 0 Å². The highest BCUT2D eigenvalue weighted by molar-refractivity contribution is 7.89. The maximum absolute atomic E-state index is 12.0. The first-order chi connectivity index (χ1) is 13.6. The second-order valence-electron chi connectivity index (χ2n) is 6.84. The third-order valence-electron chi connectivity index (χ3n) is 5.24. The predicted octanol–water partition coefficient (Wildman–Crippen LogP) is -0.966. The topological polar surface area (TPSA) is 157 Å². The molecular weight excluding hydrogens is 402 g/mol. The lowest BCUT2D eigenvalue weighted by molar-refractivity contribution is -0.332. The van der Waals surface area contributed by atoms with E-state index in [2.05, 4.69) is 4.72 Å². The Morgan fingerprint density at radius 2 is 1.79 bits per heavy atom. The standard InChI is InChI=1S/C19H23NO8S/c1-20-29(26,27)14-4-2-3-12(9-14)11-5-7-13(8-6-11)28-18(24)19(25)15(10-21)16(22)17(19)23/h2-9,15-18,20-25H,10H2,1H3. The molecule has 9 nitrogen and oxygen atoms in total. The lowest BCUT2D eigenvalue weighted by Crippen LogP contribution is -2.76. The summed E-state index contributed by atoms with van der Waals surface area (Å²) < 4.78 is 31.4. The van der Waals surface area contributed by atoms with Gasteiger partial charge in [-0.1, -0.05) is 24.3 Å². The highest BCUT2D eigenvalue weighted by Crippen LogP contribution is 2.42. The summed E-state index contributed by atoms with van der Waals surface area (Å²) >= 11 is 0. The van der Waals surface area contributed by atoms with Crippen molar-refractivity contribution in [2.24, 2.45) is 5.92 Å². The minimum absolute atomic E-state index is 0.114. The van der Waals surface area contributed by atoms with Crippen molar-refractivity contribution < 1.29 is 38.7 Å². The van der Waals surface area contributed by atoms with Gasteiger partial charge >= 0.3 is 0 Å². The van der Waals surface area contributed by atoms with Crippen molar-refractivity contribution >= 4 is 10.0 Å². The molecule has 29 heavy (non-hydrogen) atoms.